The fourth-order valence-electron chi connectivity index (χ4n) is 2.48. The highest BCUT2D eigenvalue weighted by molar-refractivity contribution is 5.73. The van der Waals surface area contributed by atoms with Gasteiger partial charge in [-0.25, -0.2) is 0 Å². The Hall–Kier alpha value is -0.570. The molecule has 0 aromatic heterocycles. The van der Waals surface area contributed by atoms with Crippen LogP contribution in [0.3, 0.4) is 0 Å². The van der Waals surface area contributed by atoms with Crippen LogP contribution in [0.4, 0.5) is 0 Å². The van der Waals surface area contributed by atoms with Crippen LogP contribution in [0.25, 0.3) is 0 Å². The third-order valence-corrected chi connectivity index (χ3v) is 3.11. The molecule has 0 spiro atoms. The van der Waals surface area contributed by atoms with Crippen LogP contribution < -0.4 is 0 Å². The van der Waals surface area contributed by atoms with Gasteiger partial charge < -0.3 is 9.80 Å². The Balaban J connectivity index is 1.98. The van der Waals surface area contributed by atoms with Crippen LogP contribution in [0, 0.1) is 11.8 Å². The van der Waals surface area contributed by atoms with Crippen LogP contribution in [0.2, 0.25) is 0 Å². The highest BCUT2D eigenvalue weighted by atomic mass is 16.2. The molecule has 2 heterocycles. The van der Waals surface area contributed by atoms with Crippen LogP contribution in [-0.4, -0.2) is 48.9 Å². The first-order valence-corrected chi connectivity index (χ1v) is 4.61. The Morgan fingerprint density at radius 3 is 2.08 bits per heavy atom. The standard InChI is InChI=1S/C9H16N2O/c1-7(12)11-5-8-3-10(2)4-9(8)6-11/h8-9H,3-6H2,1-2H3/t8-,9?/m0/s1. The summed E-state index contributed by atoms with van der Waals surface area (Å²) in [7, 11) is 2.16. The first kappa shape index (κ1) is 8.05. The van der Waals surface area contributed by atoms with E-state index in [9.17, 15) is 4.79 Å². The summed E-state index contributed by atoms with van der Waals surface area (Å²) in [6.45, 7) is 6.00. The Bertz CT molecular complexity index is 191. The Morgan fingerprint density at radius 2 is 1.67 bits per heavy atom. The van der Waals surface area contributed by atoms with Crippen molar-refractivity contribution in [2.75, 3.05) is 33.2 Å². The van der Waals surface area contributed by atoms with Crippen molar-refractivity contribution in [2.24, 2.45) is 11.8 Å². The second-order valence-electron chi connectivity index (χ2n) is 4.17. The molecule has 2 aliphatic rings. The van der Waals surface area contributed by atoms with Gasteiger partial charge in [0.2, 0.25) is 5.91 Å². The molecule has 2 atom stereocenters. The quantitative estimate of drug-likeness (QED) is 0.509. The van der Waals surface area contributed by atoms with Crippen molar-refractivity contribution in [3.05, 3.63) is 0 Å². The number of fused-ring (bicyclic) bond motifs is 1. The van der Waals surface area contributed by atoms with Crippen molar-refractivity contribution in [1.82, 2.24) is 9.80 Å². The Labute approximate surface area is 73.3 Å². The summed E-state index contributed by atoms with van der Waals surface area (Å²) in [6.07, 6.45) is 0. The molecule has 3 heteroatoms. The minimum atomic E-state index is 0.243. The predicted octanol–water partition coefficient (Wildman–Crippen LogP) is 0.0263. The van der Waals surface area contributed by atoms with E-state index in [1.807, 2.05) is 4.90 Å². The summed E-state index contributed by atoms with van der Waals surface area (Å²) in [5.41, 5.74) is 0. The van der Waals surface area contributed by atoms with Gasteiger partial charge in [-0.15, -0.1) is 0 Å². The molecule has 2 aliphatic heterocycles. The third-order valence-electron chi connectivity index (χ3n) is 3.11. The maximum Gasteiger partial charge on any atom is 0.219 e. The minimum Gasteiger partial charge on any atom is -0.342 e. The van der Waals surface area contributed by atoms with Gasteiger partial charge >= 0.3 is 0 Å². The molecule has 0 aromatic carbocycles. The van der Waals surface area contributed by atoms with Crippen LogP contribution >= 0.6 is 0 Å². The first-order valence-electron chi connectivity index (χ1n) is 4.61. The van der Waals surface area contributed by atoms with Crippen molar-refractivity contribution in [2.45, 2.75) is 6.92 Å². The van der Waals surface area contributed by atoms with Gasteiger partial charge in [0.15, 0.2) is 0 Å². The molecule has 0 bridgehead atoms. The number of carbonyl (C=O) groups excluding carboxylic acids is 1. The van der Waals surface area contributed by atoms with Crippen molar-refractivity contribution < 1.29 is 4.79 Å². The molecule has 0 aromatic rings. The highest BCUT2D eigenvalue weighted by Crippen LogP contribution is 2.29. The Morgan fingerprint density at radius 1 is 1.17 bits per heavy atom. The number of nitrogens with zero attached hydrogens (tertiary/aromatic N) is 2. The third kappa shape index (κ3) is 1.22. The van der Waals surface area contributed by atoms with E-state index in [1.54, 1.807) is 6.92 Å². The average Bonchev–Trinajstić information content (AvgIpc) is 2.42. The summed E-state index contributed by atoms with van der Waals surface area (Å²) >= 11 is 0. The van der Waals surface area contributed by atoms with E-state index in [0.29, 0.717) is 0 Å². The van der Waals surface area contributed by atoms with Crippen molar-refractivity contribution in [3.63, 3.8) is 0 Å². The summed E-state index contributed by atoms with van der Waals surface area (Å²) in [4.78, 5) is 15.4. The first-order chi connectivity index (χ1) is 5.66. The zero-order valence-electron chi connectivity index (χ0n) is 7.79. The van der Waals surface area contributed by atoms with E-state index in [0.717, 1.165) is 24.9 Å². The zero-order valence-corrected chi connectivity index (χ0v) is 7.79. The molecule has 0 N–H and O–H groups in total. The molecule has 0 radical (unpaired) electrons. The number of carbonyl (C=O) groups is 1. The molecule has 2 saturated heterocycles. The van der Waals surface area contributed by atoms with Crippen LogP contribution in [0.15, 0.2) is 0 Å². The van der Waals surface area contributed by atoms with E-state index < -0.39 is 0 Å². The lowest BCUT2D eigenvalue weighted by Gasteiger charge is -2.17. The van der Waals surface area contributed by atoms with Gasteiger partial charge in [-0.05, 0) is 18.9 Å². The number of rotatable bonds is 0. The molecule has 1 unspecified atom stereocenters. The normalized spacial score (nSPS) is 35.7. The van der Waals surface area contributed by atoms with E-state index >= 15 is 0 Å². The van der Waals surface area contributed by atoms with Crippen molar-refractivity contribution in [1.29, 1.82) is 0 Å². The van der Waals surface area contributed by atoms with E-state index in [4.69, 9.17) is 0 Å². The van der Waals surface area contributed by atoms with Gasteiger partial charge in [0.1, 0.15) is 0 Å². The zero-order chi connectivity index (χ0) is 8.72. The van der Waals surface area contributed by atoms with Crippen LogP contribution in [0.1, 0.15) is 6.92 Å². The largest absolute Gasteiger partial charge is 0.342 e. The monoisotopic (exact) mass is 168 g/mol. The van der Waals surface area contributed by atoms with Gasteiger partial charge in [0, 0.05) is 33.1 Å². The topological polar surface area (TPSA) is 23.6 Å². The van der Waals surface area contributed by atoms with Crippen LogP contribution in [0.5, 0.6) is 0 Å². The van der Waals surface area contributed by atoms with Crippen molar-refractivity contribution in [3.8, 4) is 0 Å². The Kier molecular flexibility index (Phi) is 1.83. The molecule has 0 aliphatic carbocycles. The molecule has 0 saturated carbocycles. The maximum atomic E-state index is 11.1. The summed E-state index contributed by atoms with van der Waals surface area (Å²) in [5, 5.41) is 0. The van der Waals surface area contributed by atoms with Gasteiger partial charge in [-0.1, -0.05) is 0 Å². The average molecular weight is 168 g/mol. The lowest BCUT2D eigenvalue weighted by Crippen LogP contribution is -2.30. The van der Waals surface area contributed by atoms with Crippen molar-refractivity contribution >= 4 is 5.91 Å². The lowest BCUT2D eigenvalue weighted by atomic mass is 10.0. The van der Waals surface area contributed by atoms with Gasteiger partial charge in [0.05, 0.1) is 0 Å². The summed E-state index contributed by atoms with van der Waals surface area (Å²) < 4.78 is 0. The smallest absolute Gasteiger partial charge is 0.219 e. The summed E-state index contributed by atoms with van der Waals surface area (Å²) in [5.74, 6) is 1.74. The second kappa shape index (κ2) is 2.73. The minimum absolute atomic E-state index is 0.243. The van der Waals surface area contributed by atoms with Gasteiger partial charge in [0.25, 0.3) is 0 Å². The fraction of sp³-hybridized carbons (Fsp3) is 0.889. The second-order valence-corrected chi connectivity index (χ2v) is 4.17. The maximum absolute atomic E-state index is 11.1. The molecule has 12 heavy (non-hydrogen) atoms. The molecule has 68 valence electrons. The van der Waals surface area contributed by atoms with E-state index in [-0.39, 0.29) is 5.91 Å². The molecule has 3 nitrogen and oxygen atoms in total. The summed E-state index contributed by atoms with van der Waals surface area (Å²) in [6, 6.07) is 0. The number of hydrogen-bond donors (Lipinski definition) is 0. The molecular weight excluding hydrogens is 152 g/mol. The lowest BCUT2D eigenvalue weighted by molar-refractivity contribution is -0.128. The number of hydrogen-bond acceptors (Lipinski definition) is 2. The highest BCUT2D eigenvalue weighted by Gasteiger charge is 2.39. The SMILES string of the molecule is CC(=O)N1CC2CN(C)C[C@H]2C1. The predicted molar refractivity (Wildman–Crippen MR) is 46.7 cm³/mol. The molecular formula is C9H16N2O. The van der Waals surface area contributed by atoms with E-state index in [2.05, 4.69) is 11.9 Å². The molecule has 2 fully saturated rings. The molecule has 2 rings (SSSR count). The number of amides is 1. The van der Waals surface area contributed by atoms with Gasteiger partial charge in [-0.3, -0.25) is 4.79 Å². The van der Waals surface area contributed by atoms with Crippen LogP contribution in [-0.2, 0) is 4.79 Å². The van der Waals surface area contributed by atoms with Gasteiger partial charge in [-0.2, -0.15) is 0 Å². The van der Waals surface area contributed by atoms with E-state index in [1.165, 1.54) is 13.1 Å². The molecule has 1 amide bonds. The number of likely N-dealkylation sites (tertiary alicyclic amines) is 2. The fourth-order valence-corrected chi connectivity index (χ4v) is 2.48.